The summed E-state index contributed by atoms with van der Waals surface area (Å²) in [5, 5.41) is 21.7. The van der Waals surface area contributed by atoms with Crippen molar-refractivity contribution in [2.75, 3.05) is 19.6 Å². The fraction of sp³-hybridized carbons (Fsp3) is 0.641. The molecule has 48 heavy (non-hydrogen) atoms. The molecular weight excluding hydrogens is 606 g/mol. The van der Waals surface area contributed by atoms with Gasteiger partial charge in [0.1, 0.15) is 18.2 Å². The van der Waals surface area contributed by atoms with Gasteiger partial charge in [0, 0.05) is 61.9 Å². The lowest BCUT2D eigenvalue weighted by Gasteiger charge is -2.44. The summed E-state index contributed by atoms with van der Waals surface area (Å²) in [7, 11) is 0. The number of aromatic nitrogens is 1. The zero-order valence-corrected chi connectivity index (χ0v) is 29.7. The van der Waals surface area contributed by atoms with Crippen LogP contribution in [-0.2, 0) is 14.3 Å². The van der Waals surface area contributed by atoms with Gasteiger partial charge in [-0.3, -0.25) is 9.88 Å². The fourth-order valence-electron chi connectivity index (χ4n) is 6.93. The van der Waals surface area contributed by atoms with Gasteiger partial charge in [0.05, 0.1) is 6.10 Å². The fourth-order valence-corrected chi connectivity index (χ4v) is 6.93. The number of piperazine rings is 1. The highest BCUT2D eigenvalue weighted by atomic mass is 16.6. The minimum Gasteiger partial charge on any atom is -0.439 e. The average Bonchev–Trinajstić information content (AvgIpc) is 3.36. The number of hydrogen-bond donors (Lipinski definition) is 2. The Labute approximate surface area is 288 Å². The number of nitrogens with zero attached hydrogens (tertiary/aromatic N) is 3. The molecule has 9 nitrogen and oxygen atoms in total. The van der Waals surface area contributed by atoms with Crippen LogP contribution in [0.5, 0.6) is 0 Å². The van der Waals surface area contributed by atoms with Crippen LogP contribution >= 0.6 is 0 Å². The predicted molar refractivity (Wildman–Crippen MR) is 189 cm³/mol. The molecule has 2 fully saturated rings. The smallest absolute Gasteiger partial charge is 0.410 e. The molecule has 1 aromatic heterocycles. The summed E-state index contributed by atoms with van der Waals surface area (Å²) in [6.45, 7) is 11.5. The SMILES string of the molecule is C/C(=C\C=C\[C@H](C)c1ccccn1)[C@@H](C=O)[C@@H](C)/C=C/[C@H](OC(=O)N1CCN(C2CCCCCC2)C(C)C1)[C@@](C)(O)CC[C@H](O)CC=O. The summed E-state index contributed by atoms with van der Waals surface area (Å²) in [5.74, 6) is -0.557. The molecule has 0 radical (unpaired) electrons. The van der Waals surface area contributed by atoms with Gasteiger partial charge in [-0.15, -0.1) is 0 Å². The molecule has 1 saturated heterocycles. The van der Waals surface area contributed by atoms with Crippen molar-refractivity contribution in [3.05, 3.63) is 66.0 Å². The molecule has 3 rings (SSSR count). The van der Waals surface area contributed by atoms with Crippen LogP contribution in [0.15, 0.2) is 60.3 Å². The Kier molecular flexibility index (Phi) is 16.2. The Hall–Kier alpha value is -3.14. The number of amides is 1. The number of allylic oxidation sites excluding steroid dienone is 5. The van der Waals surface area contributed by atoms with Crippen molar-refractivity contribution in [2.45, 2.75) is 128 Å². The summed E-state index contributed by atoms with van der Waals surface area (Å²) in [4.78, 5) is 45.4. The van der Waals surface area contributed by atoms with Crippen LogP contribution in [0.4, 0.5) is 4.79 Å². The summed E-state index contributed by atoms with van der Waals surface area (Å²) in [6, 6.07) is 6.58. The molecule has 9 heteroatoms. The van der Waals surface area contributed by atoms with Gasteiger partial charge in [0.2, 0.25) is 0 Å². The first-order valence-electron chi connectivity index (χ1n) is 17.9. The van der Waals surface area contributed by atoms with E-state index in [4.69, 9.17) is 4.74 Å². The third kappa shape index (κ3) is 12.1. The van der Waals surface area contributed by atoms with Gasteiger partial charge in [-0.2, -0.15) is 0 Å². The van der Waals surface area contributed by atoms with Crippen LogP contribution in [0.1, 0.15) is 104 Å². The quantitative estimate of drug-likeness (QED) is 0.0900. The summed E-state index contributed by atoms with van der Waals surface area (Å²) in [5.41, 5.74) is 0.324. The van der Waals surface area contributed by atoms with Gasteiger partial charge in [-0.05, 0) is 70.6 Å². The molecule has 266 valence electrons. The van der Waals surface area contributed by atoms with Gasteiger partial charge in [-0.25, -0.2) is 4.79 Å². The predicted octanol–water partition coefficient (Wildman–Crippen LogP) is 6.41. The van der Waals surface area contributed by atoms with Crippen molar-refractivity contribution in [3.8, 4) is 0 Å². The first-order chi connectivity index (χ1) is 23.0. The van der Waals surface area contributed by atoms with Crippen LogP contribution in [0, 0.1) is 11.8 Å². The standard InChI is InChI=1S/C39H59N3O6/c1-29(13-12-14-31(3)36-17-10-11-23-40-36)35(28-44)30(2)18-19-37(39(5,47)22-20-34(45)21-26-43)48-38(46)41-24-25-42(32(4)27-41)33-15-8-6-7-9-16-33/h10-14,17-19,23,26,28,30-35,37,45,47H,6-9,15-16,20-22,24-25,27H2,1-5H3/b14-12+,19-18+,29-13+/t30-,31-,32?,34-,35+,37-,39-/m0/s1. The van der Waals surface area contributed by atoms with E-state index in [0.29, 0.717) is 25.4 Å². The van der Waals surface area contributed by atoms with Crippen LogP contribution in [0.25, 0.3) is 0 Å². The Morgan fingerprint density at radius 2 is 1.83 bits per heavy atom. The maximum Gasteiger partial charge on any atom is 0.410 e. The minimum atomic E-state index is -1.52. The molecule has 1 unspecified atom stereocenters. The van der Waals surface area contributed by atoms with Crippen LogP contribution in [0.3, 0.4) is 0 Å². The lowest BCUT2D eigenvalue weighted by Crippen LogP contribution is -2.57. The molecular formula is C39H59N3O6. The minimum absolute atomic E-state index is 0.0295. The highest BCUT2D eigenvalue weighted by molar-refractivity contribution is 5.68. The van der Waals surface area contributed by atoms with E-state index in [1.165, 1.54) is 38.5 Å². The number of rotatable bonds is 16. The van der Waals surface area contributed by atoms with Gasteiger partial charge >= 0.3 is 6.09 Å². The molecule has 0 spiro atoms. The first kappa shape index (κ1) is 39.3. The van der Waals surface area contributed by atoms with Gasteiger partial charge in [0.15, 0.2) is 6.10 Å². The van der Waals surface area contributed by atoms with Crippen molar-refractivity contribution < 1.29 is 29.3 Å². The number of carbonyl (C=O) groups excluding carboxylic acids is 3. The zero-order valence-electron chi connectivity index (χ0n) is 29.7. The molecule has 2 aliphatic rings. The van der Waals surface area contributed by atoms with Gasteiger partial charge in [0.25, 0.3) is 0 Å². The number of ether oxygens (including phenoxy) is 1. The Bertz CT molecular complexity index is 1220. The molecule has 2 N–H and O–H groups in total. The second kappa shape index (κ2) is 19.8. The molecule has 1 saturated carbocycles. The summed E-state index contributed by atoms with van der Waals surface area (Å²) < 4.78 is 6.01. The lowest BCUT2D eigenvalue weighted by molar-refractivity contribution is -0.111. The van der Waals surface area contributed by atoms with E-state index in [-0.39, 0.29) is 37.1 Å². The molecule has 1 aliphatic carbocycles. The number of pyridine rings is 1. The number of hydrogen-bond acceptors (Lipinski definition) is 8. The van der Waals surface area contributed by atoms with Crippen LogP contribution in [0.2, 0.25) is 0 Å². The average molecular weight is 666 g/mol. The molecule has 7 atom stereocenters. The Morgan fingerprint density at radius 1 is 1.10 bits per heavy atom. The number of carbonyl (C=O) groups is 3. The van der Waals surface area contributed by atoms with Crippen molar-refractivity contribution in [1.29, 1.82) is 0 Å². The summed E-state index contributed by atoms with van der Waals surface area (Å²) >= 11 is 0. The van der Waals surface area contributed by atoms with E-state index < -0.39 is 29.8 Å². The maximum absolute atomic E-state index is 13.6. The maximum atomic E-state index is 13.6. The number of aliphatic hydroxyl groups is 2. The van der Waals surface area contributed by atoms with E-state index in [9.17, 15) is 24.6 Å². The monoisotopic (exact) mass is 665 g/mol. The summed E-state index contributed by atoms with van der Waals surface area (Å²) in [6.07, 6.45) is 18.1. The second-order valence-corrected chi connectivity index (χ2v) is 14.2. The van der Waals surface area contributed by atoms with Crippen molar-refractivity contribution >= 4 is 18.7 Å². The van der Waals surface area contributed by atoms with E-state index in [0.717, 1.165) is 24.1 Å². The Morgan fingerprint density at radius 3 is 2.46 bits per heavy atom. The van der Waals surface area contributed by atoms with Crippen molar-refractivity contribution in [1.82, 2.24) is 14.8 Å². The zero-order chi connectivity index (χ0) is 35.1. The first-order valence-corrected chi connectivity index (χ1v) is 17.9. The van der Waals surface area contributed by atoms with Crippen LogP contribution in [-0.4, -0.2) is 93.2 Å². The van der Waals surface area contributed by atoms with E-state index >= 15 is 0 Å². The van der Waals surface area contributed by atoms with Gasteiger partial charge < -0.3 is 29.4 Å². The molecule has 1 aromatic rings. The van der Waals surface area contributed by atoms with Gasteiger partial charge in [-0.1, -0.05) is 75.5 Å². The highest BCUT2D eigenvalue weighted by Gasteiger charge is 2.37. The lowest BCUT2D eigenvalue weighted by atomic mass is 9.86. The largest absolute Gasteiger partial charge is 0.439 e. The topological polar surface area (TPSA) is 120 Å². The normalized spacial score (nSPS) is 23.2. The molecule has 0 bridgehead atoms. The number of aldehydes is 2. The molecule has 0 aromatic carbocycles. The highest BCUT2D eigenvalue weighted by Crippen LogP contribution is 2.28. The third-order valence-corrected chi connectivity index (χ3v) is 10.2. The molecule has 2 heterocycles. The molecule has 1 amide bonds. The van der Waals surface area contributed by atoms with Crippen molar-refractivity contribution in [3.63, 3.8) is 0 Å². The Balaban J connectivity index is 1.71. The van der Waals surface area contributed by atoms with E-state index in [1.54, 1.807) is 24.1 Å². The van der Waals surface area contributed by atoms with Crippen LogP contribution < -0.4 is 0 Å². The van der Waals surface area contributed by atoms with Crippen molar-refractivity contribution in [2.24, 2.45) is 11.8 Å². The van der Waals surface area contributed by atoms with E-state index in [1.807, 2.05) is 56.4 Å². The second-order valence-electron chi connectivity index (χ2n) is 14.2. The number of aliphatic hydroxyl groups excluding tert-OH is 1. The third-order valence-electron chi connectivity index (χ3n) is 10.2. The molecule has 1 aliphatic heterocycles. The van der Waals surface area contributed by atoms with E-state index in [2.05, 4.69) is 23.7 Å².